The molecule has 1 aromatic heterocycles. The standard InChI is InChI=1S/C28H37ClN6O6/c1-34-11-4-5-19(14-34)41-28(38)17-6-8-18(9-7-17)31-24(36)16-35-12-10-22(23(15-35)39-2)32-26(37)20-13-21(29)25(30)33-27(20)40-3/h6-9,13,19,22-23H,4-5,10-12,14-16H2,1-3H3,(H2,30,33)(H,31,36)(H,32,37)/t19?,22-,23+/m0/s1. The third kappa shape index (κ3) is 8.07. The lowest BCUT2D eigenvalue weighted by Gasteiger charge is -2.37. The van der Waals surface area contributed by atoms with Crippen LogP contribution in [0.3, 0.4) is 0 Å². The van der Waals surface area contributed by atoms with Crippen LogP contribution in [0.2, 0.25) is 5.02 Å². The summed E-state index contributed by atoms with van der Waals surface area (Å²) in [5.74, 6) is -0.821. The van der Waals surface area contributed by atoms with Crippen LogP contribution in [0.15, 0.2) is 30.3 Å². The number of hydrogen-bond acceptors (Lipinski definition) is 10. The number of carbonyl (C=O) groups excluding carboxylic acids is 3. The van der Waals surface area contributed by atoms with Gasteiger partial charge < -0.3 is 35.5 Å². The number of amides is 2. The molecule has 2 aliphatic rings. The van der Waals surface area contributed by atoms with Crippen LogP contribution in [0.4, 0.5) is 11.5 Å². The van der Waals surface area contributed by atoms with Gasteiger partial charge in [-0.15, -0.1) is 0 Å². The van der Waals surface area contributed by atoms with Crippen molar-refractivity contribution >= 4 is 40.9 Å². The van der Waals surface area contributed by atoms with Crippen molar-refractivity contribution in [2.24, 2.45) is 0 Å². The number of methoxy groups -OCH3 is 2. The SMILES string of the molecule is COc1nc(N)c(Cl)cc1C(=O)N[C@H]1CCN(CC(=O)Nc2ccc(C(=O)OC3CCCN(C)C3)cc2)C[C@H]1OC. The number of halogens is 1. The first-order chi connectivity index (χ1) is 19.7. The van der Waals surface area contributed by atoms with E-state index in [4.69, 9.17) is 31.5 Å². The van der Waals surface area contributed by atoms with Gasteiger partial charge >= 0.3 is 5.97 Å². The fourth-order valence-electron chi connectivity index (χ4n) is 5.11. The number of rotatable bonds is 9. The summed E-state index contributed by atoms with van der Waals surface area (Å²) in [5.41, 5.74) is 6.91. The maximum atomic E-state index is 13.0. The Balaban J connectivity index is 1.26. The number of piperidine rings is 2. The highest BCUT2D eigenvalue weighted by atomic mass is 35.5. The number of aromatic nitrogens is 1. The third-order valence-electron chi connectivity index (χ3n) is 7.30. The Morgan fingerprint density at radius 2 is 1.88 bits per heavy atom. The first kappa shape index (κ1) is 30.5. The third-order valence-corrected chi connectivity index (χ3v) is 7.60. The summed E-state index contributed by atoms with van der Waals surface area (Å²) in [7, 11) is 4.98. The lowest BCUT2D eigenvalue weighted by Crippen LogP contribution is -2.55. The molecule has 0 spiro atoms. The molecule has 2 fully saturated rings. The minimum absolute atomic E-state index is 0.0720. The molecule has 2 aliphatic heterocycles. The first-order valence-electron chi connectivity index (χ1n) is 13.5. The van der Waals surface area contributed by atoms with Gasteiger partial charge in [0.1, 0.15) is 17.5 Å². The van der Waals surface area contributed by atoms with Gasteiger partial charge in [0.2, 0.25) is 11.8 Å². The minimum Gasteiger partial charge on any atom is -0.480 e. The number of ether oxygens (including phenoxy) is 3. The molecule has 41 heavy (non-hydrogen) atoms. The van der Waals surface area contributed by atoms with Gasteiger partial charge in [0, 0.05) is 32.4 Å². The van der Waals surface area contributed by atoms with Crippen LogP contribution in [-0.2, 0) is 14.3 Å². The van der Waals surface area contributed by atoms with E-state index in [1.807, 2.05) is 11.9 Å². The number of hydrogen-bond donors (Lipinski definition) is 3. The Kier molecular flexibility index (Phi) is 10.4. The predicted octanol–water partition coefficient (Wildman–Crippen LogP) is 2.03. The normalized spacial score (nSPS) is 21.6. The fourth-order valence-corrected chi connectivity index (χ4v) is 5.26. The van der Waals surface area contributed by atoms with Crippen molar-refractivity contribution in [2.75, 3.05) is 65.0 Å². The Morgan fingerprint density at radius 1 is 1.12 bits per heavy atom. The van der Waals surface area contributed by atoms with E-state index in [1.54, 1.807) is 31.4 Å². The average molecular weight is 589 g/mol. The zero-order valence-corrected chi connectivity index (χ0v) is 24.3. The molecule has 222 valence electrons. The minimum atomic E-state index is -0.409. The first-order valence-corrected chi connectivity index (χ1v) is 13.9. The Hall–Kier alpha value is -3.45. The van der Waals surface area contributed by atoms with Crippen LogP contribution in [0, 0.1) is 0 Å². The molecule has 0 bridgehead atoms. The molecule has 1 unspecified atom stereocenters. The molecule has 12 nitrogen and oxygen atoms in total. The molecule has 0 radical (unpaired) electrons. The topological polar surface area (TPSA) is 148 Å². The molecule has 1 aromatic carbocycles. The number of esters is 1. The second-order valence-corrected chi connectivity index (χ2v) is 10.8. The molecule has 4 rings (SSSR count). The fraction of sp³-hybridized carbons (Fsp3) is 0.500. The van der Waals surface area contributed by atoms with Crippen LogP contribution < -0.4 is 21.1 Å². The van der Waals surface area contributed by atoms with Gasteiger partial charge in [-0.3, -0.25) is 14.5 Å². The second kappa shape index (κ2) is 13.9. The number of nitrogens with two attached hydrogens (primary N) is 1. The van der Waals surface area contributed by atoms with E-state index in [0.29, 0.717) is 30.8 Å². The summed E-state index contributed by atoms with van der Waals surface area (Å²) in [4.78, 5) is 46.4. The summed E-state index contributed by atoms with van der Waals surface area (Å²) < 4.78 is 16.5. The van der Waals surface area contributed by atoms with Crippen molar-refractivity contribution in [3.63, 3.8) is 0 Å². The van der Waals surface area contributed by atoms with Crippen LogP contribution in [-0.4, -0.2) is 105 Å². The zero-order valence-electron chi connectivity index (χ0n) is 23.5. The number of nitrogens with one attached hydrogen (secondary N) is 2. The van der Waals surface area contributed by atoms with Crippen LogP contribution in [0.1, 0.15) is 40.0 Å². The number of nitrogen functional groups attached to an aromatic ring is 1. The highest BCUT2D eigenvalue weighted by Gasteiger charge is 2.32. The zero-order chi connectivity index (χ0) is 29.5. The highest BCUT2D eigenvalue weighted by molar-refractivity contribution is 6.33. The lowest BCUT2D eigenvalue weighted by molar-refractivity contribution is -0.118. The second-order valence-electron chi connectivity index (χ2n) is 10.3. The summed E-state index contributed by atoms with van der Waals surface area (Å²) in [6.45, 7) is 2.89. The number of nitrogens with zero attached hydrogens (tertiary/aromatic N) is 3. The van der Waals surface area contributed by atoms with Crippen molar-refractivity contribution in [3.05, 3.63) is 46.5 Å². The largest absolute Gasteiger partial charge is 0.480 e. The molecule has 0 saturated carbocycles. The van der Waals surface area contributed by atoms with Gasteiger partial charge in [0.05, 0.1) is 36.4 Å². The summed E-state index contributed by atoms with van der Waals surface area (Å²) in [6, 6.07) is 7.80. The lowest BCUT2D eigenvalue weighted by atomic mass is 10.0. The number of pyridine rings is 1. The quantitative estimate of drug-likeness (QED) is 0.372. The molecule has 2 aromatic rings. The van der Waals surface area contributed by atoms with Gasteiger partial charge in [0.15, 0.2) is 0 Å². The van der Waals surface area contributed by atoms with Crippen LogP contribution in [0.5, 0.6) is 5.88 Å². The van der Waals surface area contributed by atoms with Crippen LogP contribution in [0.25, 0.3) is 0 Å². The number of anilines is 2. The van der Waals surface area contributed by atoms with E-state index in [0.717, 1.165) is 25.9 Å². The van der Waals surface area contributed by atoms with Crippen LogP contribution >= 0.6 is 11.6 Å². The summed E-state index contributed by atoms with van der Waals surface area (Å²) in [5, 5.41) is 5.99. The Morgan fingerprint density at radius 3 is 2.56 bits per heavy atom. The number of carbonyl (C=O) groups is 3. The average Bonchev–Trinajstić information content (AvgIpc) is 2.95. The van der Waals surface area contributed by atoms with Crippen molar-refractivity contribution < 1.29 is 28.6 Å². The van der Waals surface area contributed by atoms with Crippen molar-refractivity contribution in [1.29, 1.82) is 0 Å². The summed E-state index contributed by atoms with van der Waals surface area (Å²) >= 11 is 6.06. The highest BCUT2D eigenvalue weighted by Crippen LogP contribution is 2.26. The predicted molar refractivity (Wildman–Crippen MR) is 154 cm³/mol. The number of likely N-dealkylation sites (N-methyl/N-ethyl adjacent to an activating group) is 1. The maximum absolute atomic E-state index is 13.0. The van der Waals surface area contributed by atoms with E-state index in [-0.39, 0.29) is 59.0 Å². The Bertz CT molecular complexity index is 1250. The maximum Gasteiger partial charge on any atom is 0.338 e. The van der Waals surface area contributed by atoms with Crippen molar-refractivity contribution in [2.45, 2.75) is 37.5 Å². The molecule has 3 heterocycles. The molecule has 0 aliphatic carbocycles. The van der Waals surface area contributed by atoms with Gasteiger partial charge in [0.25, 0.3) is 5.91 Å². The van der Waals surface area contributed by atoms with E-state index >= 15 is 0 Å². The molecule has 13 heteroatoms. The van der Waals surface area contributed by atoms with Gasteiger partial charge in [-0.2, -0.15) is 4.98 Å². The van der Waals surface area contributed by atoms with Crippen molar-refractivity contribution in [1.82, 2.24) is 20.1 Å². The summed E-state index contributed by atoms with van der Waals surface area (Å²) in [6.07, 6.45) is 1.97. The van der Waals surface area contributed by atoms with E-state index in [9.17, 15) is 14.4 Å². The molecule has 3 atom stereocenters. The van der Waals surface area contributed by atoms with E-state index in [2.05, 4.69) is 20.5 Å². The van der Waals surface area contributed by atoms with E-state index in [1.165, 1.54) is 13.2 Å². The monoisotopic (exact) mass is 588 g/mol. The number of benzene rings is 1. The molecule has 4 N–H and O–H groups in total. The number of likely N-dealkylation sites (tertiary alicyclic amines) is 2. The smallest absolute Gasteiger partial charge is 0.338 e. The molecular weight excluding hydrogens is 552 g/mol. The molecule has 2 saturated heterocycles. The molecular formula is C28H37ClN6O6. The van der Waals surface area contributed by atoms with Gasteiger partial charge in [-0.05, 0) is 63.2 Å². The van der Waals surface area contributed by atoms with Gasteiger partial charge in [-0.1, -0.05) is 11.6 Å². The Labute approximate surface area is 244 Å². The van der Waals surface area contributed by atoms with E-state index < -0.39 is 5.91 Å². The molecule has 2 amide bonds. The van der Waals surface area contributed by atoms with Gasteiger partial charge in [-0.25, -0.2) is 4.79 Å². The van der Waals surface area contributed by atoms with Crippen molar-refractivity contribution in [3.8, 4) is 5.88 Å².